The second-order valence-corrected chi connectivity index (χ2v) is 6.85. The van der Waals surface area contributed by atoms with Gasteiger partial charge in [-0.3, -0.25) is 0 Å². The average Bonchev–Trinajstić information content (AvgIpc) is 2.47. The highest BCUT2D eigenvalue weighted by atomic mass is 35.5. The third-order valence-corrected chi connectivity index (χ3v) is 5.06. The zero-order chi connectivity index (χ0) is 15.5. The Labute approximate surface area is 137 Å². The molecule has 0 saturated carbocycles. The number of aryl methyl sites for hydroxylation is 1. The van der Waals surface area contributed by atoms with Crippen LogP contribution in [0.1, 0.15) is 28.8 Å². The number of hydrogen-bond acceptors (Lipinski definition) is 5. The Morgan fingerprint density at radius 1 is 1.41 bits per heavy atom. The van der Waals surface area contributed by atoms with E-state index in [-0.39, 0.29) is 28.9 Å². The summed E-state index contributed by atoms with van der Waals surface area (Å²) in [6.07, 6.45) is 1.75. The Morgan fingerprint density at radius 2 is 2.14 bits per heavy atom. The summed E-state index contributed by atoms with van der Waals surface area (Å²) in [4.78, 5) is 11.7. The number of sulfonamides is 1. The predicted molar refractivity (Wildman–Crippen MR) is 86.0 cm³/mol. The lowest BCUT2D eigenvalue weighted by Crippen LogP contribution is -2.45. The van der Waals surface area contributed by atoms with Crippen molar-refractivity contribution >= 4 is 28.4 Å². The van der Waals surface area contributed by atoms with Gasteiger partial charge in [-0.25, -0.2) is 17.9 Å². The van der Waals surface area contributed by atoms with E-state index >= 15 is 0 Å². The van der Waals surface area contributed by atoms with E-state index in [1.165, 1.54) is 19.2 Å². The quantitative estimate of drug-likeness (QED) is 0.799. The van der Waals surface area contributed by atoms with Crippen LogP contribution in [0.3, 0.4) is 0 Å². The maximum absolute atomic E-state index is 12.4. The Balaban J connectivity index is 0.00000242. The zero-order valence-electron chi connectivity index (χ0n) is 12.6. The van der Waals surface area contributed by atoms with E-state index < -0.39 is 16.0 Å². The average molecular weight is 349 g/mol. The molecule has 1 aromatic rings. The molecule has 1 saturated heterocycles. The van der Waals surface area contributed by atoms with Crippen molar-refractivity contribution in [2.75, 3.05) is 20.2 Å². The molecule has 1 unspecified atom stereocenters. The first-order valence-electron chi connectivity index (χ1n) is 6.86. The first-order chi connectivity index (χ1) is 9.94. The van der Waals surface area contributed by atoms with Crippen molar-refractivity contribution < 1.29 is 17.9 Å². The number of hydrogen-bond donors (Lipinski definition) is 2. The minimum absolute atomic E-state index is 0. The van der Waals surface area contributed by atoms with Crippen LogP contribution in [0.25, 0.3) is 0 Å². The summed E-state index contributed by atoms with van der Waals surface area (Å²) >= 11 is 0. The SMILES string of the molecule is COC(=O)c1cc(S(=O)(=O)NC2CCCNC2)ccc1C.Cl. The molecule has 0 bridgehead atoms. The molecule has 0 radical (unpaired) electrons. The second kappa shape index (κ2) is 7.92. The monoisotopic (exact) mass is 348 g/mol. The number of piperidine rings is 1. The standard InChI is InChI=1S/C14H20N2O4S.ClH/c1-10-5-6-12(8-13(10)14(17)20-2)21(18,19)16-11-4-3-7-15-9-11;/h5-6,8,11,15-16H,3-4,7,9H2,1-2H3;1H. The summed E-state index contributed by atoms with van der Waals surface area (Å²) in [7, 11) is -2.37. The lowest BCUT2D eigenvalue weighted by molar-refractivity contribution is 0.0599. The summed E-state index contributed by atoms with van der Waals surface area (Å²) in [6, 6.07) is 4.35. The van der Waals surface area contributed by atoms with Gasteiger partial charge in [-0.15, -0.1) is 12.4 Å². The van der Waals surface area contributed by atoms with Crippen molar-refractivity contribution in [3.05, 3.63) is 29.3 Å². The molecule has 22 heavy (non-hydrogen) atoms. The molecule has 2 rings (SSSR count). The molecule has 2 N–H and O–H groups in total. The fourth-order valence-corrected chi connectivity index (χ4v) is 3.63. The fourth-order valence-electron chi connectivity index (χ4n) is 2.34. The normalized spacial score (nSPS) is 18.4. The maximum Gasteiger partial charge on any atom is 0.338 e. The third-order valence-electron chi connectivity index (χ3n) is 3.54. The number of rotatable bonds is 4. The van der Waals surface area contributed by atoms with E-state index in [0.717, 1.165) is 19.4 Å². The third kappa shape index (κ3) is 4.42. The minimum atomic E-state index is -3.64. The van der Waals surface area contributed by atoms with Gasteiger partial charge in [-0.05, 0) is 44.0 Å². The highest BCUT2D eigenvalue weighted by Crippen LogP contribution is 2.17. The van der Waals surface area contributed by atoms with Crippen molar-refractivity contribution in [3.8, 4) is 0 Å². The molecule has 1 heterocycles. The van der Waals surface area contributed by atoms with Gasteiger partial charge in [0.25, 0.3) is 0 Å². The molecule has 0 aliphatic carbocycles. The molecule has 1 aliphatic rings. The Morgan fingerprint density at radius 3 is 2.73 bits per heavy atom. The molecule has 8 heteroatoms. The summed E-state index contributed by atoms with van der Waals surface area (Å²) in [5.41, 5.74) is 0.947. The van der Waals surface area contributed by atoms with Crippen molar-refractivity contribution in [2.45, 2.75) is 30.7 Å². The van der Waals surface area contributed by atoms with E-state index in [2.05, 4.69) is 14.8 Å². The molecule has 1 fully saturated rings. The number of benzene rings is 1. The van der Waals surface area contributed by atoms with Gasteiger partial charge in [-0.2, -0.15) is 0 Å². The number of ether oxygens (including phenoxy) is 1. The largest absolute Gasteiger partial charge is 0.465 e. The van der Waals surface area contributed by atoms with E-state index in [0.29, 0.717) is 12.1 Å². The summed E-state index contributed by atoms with van der Waals surface area (Å²) < 4.78 is 32.1. The summed E-state index contributed by atoms with van der Waals surface area (Å²) in [6.45, 7) is 3.27. The summed E-state index contributed by atoms with van der Waals surface area (Å²) in [5, 5.41) is 3.16. The van der Waals surface area contributed by atoms with E-state index in [1.54, 1.807) is 13.0 Å². The highest BCUT2D eigenvalue weighted by molar-refractivity contribution is 7.89. The van der Waals surface area contributed by atoms with Gasteiger partial charge in [0.1, 0.15) is 0 Å². The van der Waals surface area contributed by atoms with Gasteiger partial charge >= 0.3 is 5.97 Å². The number of halogens is 1. The number of esters is 1. The van der Waals surface area contributed by atoms with Crippen LogP contribution in [0.5, 0.6) is 0 Å². The maximum atomic E-state index is 12.4. The van der Waals surface area contributed by atoms with Gasteiger partial charge in [0.2, 0.25) is 10.0 Å². The number of methoxy groups -OCH3 is 1. The Bertz CT molecular complexity index is 628. The van der Waals surface area contributed by atoms with Crippen LogP contribution in [0.4, 0.5) is 0 Å². The summed E-state index contributed by atoms with van der Waals surface area (Å²) in [5.74, 6) is -0.538. The molecule has 0 aromatic heterocycles. The number of carbonyl (C=O) groups is 1. The molecule has 124 valence electrons. The van der Waals surface area contributed by atoms with E-state index in [9.17, 15) is 13.2 Å². The van der Waals surface area contributed by atoms with Crippen LogP contribution >= 0.6 is 12.4 Å². The molecule has 6 nitrogen and oxygen atoms in total. The predicted octanol–water partition coefficient (Wildman–Crippen LogP) is 1.23. The van der Waals surface area contributed by atoms with Gasteiger partial charge in [0.05, 0.1) is 17.6 Å². The molecule has 1 atom stereocenters. The van der Waals surface area contributed by atoms with Crippen LogP contribution in [0.2, 0.25) is 0 Å². The Kier molecular flexibility index (Phi) is 6.80. The first-order valence-corrected chi connectivity index (χ1v) is 8.34. The van der Waals surface area contributed by atoms with Gasteiger partial charge < -0.3 is 10.1 Å². The molecule has 0 amide bonds. The molecule has 0 spiro atoms. The van der Waals surface area contributed by atoms with Gasteiger partial charge in [0, 0.05) is 12.6 Å². The molecule has 1 aliphatic heterocycles. The van der Waals surface area contributed by atoms with Gasteiger partial charge in [-0.1, -0.05) is 6.07 Å². The highest BCUT2D eigenvalue weighted by Gasteiger charge is 2.23. The van der Waals surface area contributed by atoms with Crippen LogP contribution in [-0.2, 0) is 14.8 Å². The molecular formula is C14H21ClN2O4S. The lowest BCUT2D eigenvalue weighted by atomic mass is 10.1. The Hall–Kier alpha value is -1.15. The van der Waals surface area contributed by atoms with Crippen molar-refractivity contribution in [1.82, 2.24) is 10.0 Å². The fraction of sp³-hybridized carbons (Fsp3) is 0.500. The second-order valence-electron chi connectivity index (χ2n) is 5.13. The molecular weight excluding hydrogens is 328 g/mol. The van der Waals surface area contributed by atoms with Crippen molar-refractivity contribution in [1.29, 1.82) is 0 Å². The zero-order valence-corrected chi connectivity index (χ0v) is 14.2. The van der Waals surface area contributed by atoms with Crippen molar-refractivity contribution in [2.24, 2.45) is 0 Å². The topological polar surface area (TPSA) is 84.5 Å². The smallest absolute Gasteiger partial charge is 0.338 e. The lowest BCUT2D eigenvalue weighted by Gasteiger charge is -2.23. The number of carbonyl (C=O) groups excluding carboxylic acids is 1. The number of nitrogens with one attached hydrogen (secondary N) is 2. The minimum Gasteiger partial charge on any atom is -0.465 e. The van der Waals surface area contributed by atoms with Crippen LogP contribution in [0, 0.1) is 6.92 Å². The molecule has 1 aromatic carbocycles. The van der Waals surface area contributed by atoms with Crippen LogP contribution in [-0.4, -0.2) is 40.6 Å². The first kappa shape index (κ1) is 18.9. The van der Waals surface area contributed by atoms with Gasteiger partial charge in [0.15, 0.2) is 0 Å². The van der Waals surface area contributed by atoms with Crippen molar-refractivity contribution in [3.63, 3.8) is 0 Å². The van der Waals surface area contributed by atoms with E-state index in [4.69, 9.17) is 0 Å². The van der Waals surface area contributed by atoms with E-state index in [1.807, 2.05) is 0 Å². The van der Waals surface area contributed by atoms with Crippen LogP contribution < -0.4 is 10.0 Å². The van der Waals surface area contributed by atoms with Crippen LogP contribution in [0.15, 0.2) is 23.1 Å².